The van der Waals surface area contributed by atoms with Crippen LogP contribution in [0, 0.1) is 11.8 Å². The van der Waals surface area contributed by atoms with Crippen molar-refractivity contribution >= 4 is 12.1 Å². The molecule has 0 aliphatic heterocycles. The normalized spacial score (nSPS) is 42.4. The molecule has 6 heteroatoms. The molecular weight excluding hydrogens is 260 g/mol. The Morgan fingerprint density at radius 3 is 2.75 bits per heavy atom. The number of rotatable bonds is 3. The monoisotopic (exact) mass is 282 g/mol. The van der Waals surface area contributed by atoms with Crippen LogP contribution in [0.2, 0.25) is 0 Å². The van der Waals surface area contributed by atoms with Gasteiger partial charge >= 0.3 is 12.1 Å². The fourth-order valence-corrected chi connectivity index (χ4v) is 4.67. The first-order valence-corrected chi connectivity index (χ1v) is 7.22. The first-order valence-electron chi connectivity index (χ1n) is 7.22. The van der Waals surface area contributed by atoms with E-state index < -0.39 is 23.7 Å². The van der Waals surface area contributed by atoms with Gasteiger partial charge in [-0.25, -0.2) is 9.59 Å². The Morgan fingerprint density at radius 1 is 1.35 bits per heavy atom. The highest BCUT2D eigenvalue weighted by Gasteiger charge is 2.65. The van der Waals surface area contributed by atoms with E-state index in [0.717, 1.165) is 32.1 Å². The molecule has 0 radical (unpaired) electrons. The molecule has 4 aliphatic rings. The van der Waals surface area contributed by atoms with E-state index in [2.05, 4.69) is 10.1 Å². The van der Waals surface area contributed by atoms with E-state index >= 15 is 0 Å². The van der Waals surface area contributed by atoms with E-state index in [1.807, 2.05) is 0 Å². The Balaban J connectivity index is 1.64. The van der Waals surface area contributed by atoms with E-state index in [4.69, 9.17) is 10.5 Å². The summed E-state index contributed by atoms with van der Waals surface area (Å²) in [5.74, 6) is 0.482. The minimum absolute atomic E-state index is 0.153. The van der Waals surface area contributed by atoms with E-state index in [-0.39, 0.29) is 5.54 Å². The van der Waals surface area contributed by atoms with Crippen LogP contribution >= 0.6 is 0 Å². The Kier molecular flexibility index (Phi) is 2.97. The van der Waals surface area contributed by atoms with Crippen LogP contribution in [-0.4, -0.2) is 36.4 Å². The second-order valence-electron chi connectivity index (χ2n) is 6.79. The lowest BCUT2D eigenvalue weighted by Crippen LogP contribution is -2.49. The van der Waals surface area contributed by atoms with Crippen LogP contribution < -0.4 is 11.1 Å². The van der Waals surface area contributed by atoms with Crippen LogP contribution in [0.5, 0.6) is 0 Å². The van der Waals surface area contributed by atoms with Gasteiger partial charge in [-0.05, 0) is 38.5 Å². The van der Waals surface area contributed by atoms with Gasteiger partial charge in [0.15, 0.2) is 0 Å². The van der Waals surface area contributed by atoms with Crippen molar-refractivity contribution in [2.75, 3.05) is 7.11 Å². The Morgan fingerprint density at radius 2 is 2.10 bits per heavy atom. The molecule has 4 saturated carbocycles. The Hall–Kier alpha value is -1.30. The van der Waals surface area contributed by atoms with Crippen molar-refractivity contribution in [1.29, 1.82) is 0 Å². The summed E-state index contributed by atoms with van der Waals surface area (Å²) in [6, 6.07) is -0.702. The zero-order chi connectivity index (χ0) is 14.5. The van der Waals surface area contributed by atoms with Crippen molar-refractivity contribution in [3.8, 4) is 0 Å². The van der Waals surface area contributed by atoms with Crippen molar-refractivity contribution in [1.82, 2.24) is 5.32 Å². The molecule has 5 atom stereocenters. The first kappa shape index (κ1) is 13.7. The number of hydrogen-bond acceptors (Lipinski definition) is 5. The average molecular weight is 282 g/mol. The molecule has 4 rings (SSSR count). The minimum Gasteiger partial charge on any atom is -0.467 e. The smallest absolute Gasteiger partial charge is 0.408 e. The number of amides is 1. The van der Waals surface area contributed by atoms with Gasteiger partial charge in [-0.15, -0.1) is 0 Å². The van der Waals surface area contributed by atoms with Crippen LogP contribution in [-0.2, 0) is 14.3 Å². The number of alkyl carbamates (subject to hydrolysis) is 1. The molecule has 4 unspecified atom stereocenters. The van der Waals surface area contributed by atoms with Crippen LogP contribution in [0.1, 0.15) is 39.0 Å². The highest BCUT2D eigenvalue weighted by Crippen LogP contribution is 2.62. The molecule has 4 bridgehead atoms. The maximum atomic E-state index is 12.0. The second-order valence-corrected chi connectivity index (χ2v) is 6.79. The van der Waals surface area contributed by atoms with Crippen molar-refractivity contribution in [3.63, 3.8) is 0 Å². The summed E-state index contributed by atoms with van der Waals surface area (Å²) in [7, 11) is 1.29. The van der Waals surface area contributed by atoms with E-state index in [0.29, 0.717) is 11.8 Å². The molecule has 20 heavy (non-hydrogen) atoms. The molecule has 0 aromatic carbocycles. The van der Waals surface area contributed by atoms with Gasteiger partial charge in [0.05, 0.1) is 7.11 Å². The third-order valence-corrected chi connectivity index (χ3v) is 5.18. The van der Waals surface area contributed by atoms with Gasteiger partial charge in [0.2, 0.25) is 0 Å². The third kappa shape index (κ3) is 2.06. The number of carbonyl (C=O) groups is 2. The SMILES string of the molecule is COC(=O)[C@H](C)NC(=O)OC12CC3CC1CC(N)(C3)C2. The van der Waals surface area contributed by atoms with Gasteiger partial charge in [0.25, 0.3) is 0 Å². The molecule has 112 valence electrons. The summed E-state index contributed by atoms with van der Waals surface area (Å²) < 4.78 is 10.3. The minimum atomic E-state index is -0.702. The molecule has 0 aromatic heterocycles. The number of carbonyl (C=O) groups excluding carboxylic acids is 2. The van der Waals surface area contributed by atoms with E-state index in [9.17, 15) is 9.59 Å². The van der Waals surface area contributed by atoms with Crippen LogP contribution in [0.3, 0.4) is 0 Å². The zero-order valence-corrected chi connectivity index (χ0v) is 12.0. The van der Waals surface area contributed by atoms with E-state index in [1.54, 1.807) is 6.92 Å². The fraction of sp³-hybridized carbons (Fsp3) is 0.857. The van der Waals surface area contributed by atoms with Crippen LogP contribution in [0.4, 0.5) is 4.79 Å². The maximum Gasteiger partial charge on any atom is 0.408 e. The van der Waals surface area contributed by atoms with Crippen molar-refractivity contribution in [2.24, 2.45) is 17.6 Å². The fourth-order valence-electron chi connectivity index (χ4n) is 4.67. The largest absolute Gasteiger partial charge is 0.467 e. The molecule has 3 N–H and O–H groups in total. The standard InChI is InChI=1S/C14H22N2O4/c1-8(11(17)19-2)16-12(18)20-14-5-9-3-10(14)6-13(15,4-9)7-14/h8-10H,3-7,15H2,1-2H3,(H,16,18)/t8-,9?,10?,13?,14?/m0/s1. The number of hydrogen-bond donors (Lipinski definition) is 2. The molecule has 0 aromatic rings. The average Bonchev–Trinajstić information content (AvgIpc) is 2.68. The number of esters is 1. The lowest BCUT2D eigenvalue weighted by atomic mass is 9.76. The predicted molar refractivity (Wildman–Crippen MR) is 70.8 cm³/mol. The van der Waals surface area contributed by atoms with Crippen LogP contribution in [0.25, 0.3) is 0 Å². The predicted octanol–water partition coefficient (Wildman–Crippen LogP) is 0.934. The molecule has 0 spiro atoms. The molecule has 0 heterocycles. The van der Waals surface area contributed by atoms with E-state index in [1.165, 1.54) is 7.11 Å². The molecule has 0 saturated heterocycles. The van der Waals surface area contributed by atoms with Crippen LogP contribution in [0.15, 0.2) is 0 Å². The summed E-state index contributed by atoms with van der Waals surface area (Å²) in [4.78, 5) is 23.3. The summed E-state index contributed by atoms with van der Waals surface area (Å²) >= 11 is 0. The van der Waals surface area contributed by atoms with Gasteiger partial charge in [-0.3, -0.25) is 0 Å². The number of nitrogens with one attached hydrogen (secondary N) is 1. The van der Waals surface area contributed by atoms with Gasteiger partial charge < -0.3 is 20.5 Å². The Bertz CT molecular complexity index is 454. The highest BCUT2D eigenvalue weighted by molar-refractivity contribution is 5.80. The molecule has 6 nitrogen and oxygen atoms in total. The Labute approximate surface area is 118 Å². The van der Waals surface area contributed by atoms with Gasteiger partial charge in [-0.1, -0.05) is 0 Å². The van der Waals surface area contributed by atoms with Crippen molar-refractivity contribution in [3.05, 3.63) is 0 Å². The van der Waals surface area contributed by atoms with Gasteiger partial charge in [0, 0.05) is 17.9 Å². The third-order valence-electron chi connectivity index (χ3n) is 5.18. The summed E-state index contributed by atoms with van der Waals surface area (Å²) in [5.41, 5.74) is 5.81. The lowest BCUT2D eigenvalue weighted by Gasteiger charge is -2.37. The number of nitrogens with two attached hydrogens (primary N) is 1. The highest BCUT2D eigenvalue weighted by atomic mass is 16.6. The second kappa shape index (κ2) is 4.35. The molecular formula is C14H22N2O4. The van der Waals surface area contributed by atoms with Gasteiger partial charge in [0.1, 0.15) is 11.6 Å². The van der Waals surface area contributed by atoms with Crippen molar-refractivity contribution in [2.45, 2.75) is 56.2 Å². The molecule has 4 aliphatic carbocycles. The quantitative estimate of drug-likeness (QED) is 0.752. The first-order chi connectivity index (χ1) is 9.36. The topological polar surface area (TPSA) is 90.6 Å². The lowest BCUT2D eigenvalue weighted by molar-refractivity contribution is -0.142. The van der Waals surface area contributed by atoms with Gasteiger partial charge in [-0.2, -0.15) is 0 Å². The summed E-state index contributed by atoms with van der Waals surface area (Å²) in [5, 5.41) is 2.53. The summed E-state index contributed by atoms with van der Waals surface area (Å²) in [6.07, 6.45) is 4.23. The maximum absolute atomic E-state index is 12.0. The molecule has 4 fully saturated rings. The number of methoxy groups -OCH3 is 1. The van der Waals surface area contributed by atoms with Crippen molar-refractivity contribution < 1.29 is 19.1 Å². The molecule has 1 amide bonds. The summed E-state index contributed by atoms with van der Waals surface area (Å²) in [6.45, 7) is 1.58. The number of ether oxygens (including phenoxy) is 2. The zero-order valence-electron chi connectivity index (χ0n) is 12.0.